The number of benzene rings is 1. The molecule has 2 heterocycles. The van der Waals surface area contributed by atoms with Gasteiger partial charge in [-0.15, -0.1) is 5.10 Å². The topological polar surface area (TPSA) is 58.4 Å². The van der Waals surface area contributed by atoms with Crippen molar-refractivity contribution >= 4 is 11.7 Å². The molecule has 0 atom stereocenters. The Hall–Kier alpha value is -2.70. The molecule has 2 aromatic rings. The molecule has 1 saturated carbocycles. The van der Waals surface area contributed by atoms with Crippen molar-refractivity contribution < 1.29 is 9.18 Å². The summed E-state index contributed by atoms with van der Waals surface area (Å²) in [6.45, 7) is 2.70. The van der Waals surface area contributed by atoms with Crippen LogP contribution in [-0.2, 0) is 4.79 Å². The molecule has 0 bridgehead atoms. The van der Waals surface area contributed by atoms with E-state index in [4.69, 9.17) is 0 Å². The van der Waals surface area contributed by atoms with Gasteiger partial charge < -0.3 is 9.80 Å². The summed E-state index contributed by atoms with van der Waals surface area (Å²) in [4.78, 5) is 28.8. The van der Waals surface area contributed by atoms with Gasteiger partial charge >= 0.3 is 0 Å². The molecule has 1 aliphatic carbocycles. The van der Waals surface area contributed by atoms with Gasteiger partial charge in [0.25, 0.3) is 5.56 Å². The van der Waals surface area contributed by atoms with Crippen LogP contribution in [0, 0.1) is 11.7 Å². The van der Waals surface area contributed by atoms with Gasteiger partial charge in [0.2, 0.25) is 5.91 Å². The van der Waals surface area contributed by atoms with Crippen molar-refractivity contribution in [2.45, 2.75) is 38.5 Å². The maximum atomic E-state index is 13.2. The predicted molar refractivity (Wildman–Crippen MR) is 110 cm³/mol. The molecule has 7 heteroatoms. The summed E-state index contributed by atoms with van der Waals surface area (Å²) in [5, 5.41) is 4.46. The molecule has 1 aliphatic heterocycles. The zero-order valence-electron chi connectivity index (χ0n) is 16.6. The predicted octanol–water partition coefficient (Wildman–Crippen LogP) is 2.99. The summed E-state index contributed by atoms with van der Waals surface area (Å²) in [7, 11) is 0. The molecule has 0 unspecified atom stereocenters. The zero-order chi connectivity index (χ0) is 20.2. The van der Waals surface area contributed by atoms with Crippen LogP contribution in [0.25, 0.3) is 5.69 Å². The molecule has 0 spiro atoms. The smallest absolute Gasteiger partial charge is 0.271 e. The summed E-state index contributed by atoms with van der Waals surface area (Å²) < 4.78 is 14.5. The van der Waals surface area contributed by atoms with Gasteiger partial charge in [-0.1, -0.05) is 25.7 Å². The number of hydrogen-bond acceptors (Lipinski definition) is 4. The minimum atomic E-state index is -0.355. The summed E-state index contributed by atoms with van der Waals surface area (Å²) in [5.74, 6) is 1.32. The summed E-state index contributed by atoms with van der Waals surface area (Å²) >= 11 is 0. The Balaban J connectivity index is 1.37. The highest BCUT2D eigenvalue weighted by Gasteiger charge is 2.24. The molecular weight excluding hydrogens is 371 g/mol. The van der Waals surface area contributed by atoms with Crippen molar-refractivity contribution in [2.24, 2.45) is 5.92 Å². The lowest BCUT2D eigenvalue weighted by Gasteiger charge is -2.35. The third kappa shape index (κ3) is 4.66. The number of carbonyl (C=O) groups excluding carboxylic acids is 1. The lowest BCUT2D eigenvalue weighted by atomic mass is 10.0. The van der Waals surface area contributed by atoms with Crippen LogP contribution in [0.1, 0.15) is 38.5 Å². The molecule has 0 N–H and O–H groups in total. The molecule has 1 amide bonds. The van der Waals surface area contributed by atoms with Gasteiger partial charge in [-0.2, -0.15) is 4.68 Å². The van der Waals surface area contributed by atoms with Crippen molar-refractivity contribution in [1.82, 2.24) is 14.7 Å². The lowest BCUT2D eigenvalue weighted by molar-refractivity contribution is -0.131. The number of hydrogen-bond donors (Lipinski definition) is 0. The average molecular weight is 398 g/mol. The van der Waals surface area contributed by atoms with E-state index in [1.165, 1.54) is 60.7 Å². The first kappa shape index (κ1) is 19.6. The normalized spacial score (nSPS) is 17.7. The SMILES string of the molecule is O=C(CCC1CCCC1)N1CCN(c2ccc(=O)n(-c3ccc(F)cc3)n2)CC1. The van der Waals surface area contributed by atoms with E-state index in [-0.39, 0.29) is 17.3 Å². The highest BCUT2D eigenvalue weighted by Crippen LogP contribution is 2.28. The van der Waals surface area contributed by atoms with Gasteiger partial charge in [0, 0.05) is 38.7 Å². The minimum Gasteiger partial charge on any atom is -0.352 e. The highest BCUT2D eigenvalue weighted by atomic mass is 19.1. The number of amides is 1. The second kappa shape index (κ2) is 8.76. The van der Waals surface area contributed by atoms with E-state index in [0.717, 1.165) is 12.3 Å². The largest absolute Gasteiger partial charge is 0.352 e. The fourth-order valence-electron chi connectivity index (χ4n) is 4.31. The van der Waals surface area contributed by atoms with Crippen LogP contribution in [0.15, 0.2) is 41.2 Å². The molecular formula is C22H27FN4O2. The standard InChI is InChI=1S/C22H27FN4O2/c23-18-6-8-19(9-7-18)27-22(29)12-10-20(24-27)25-13-15-26(16-14-25)21(28)11-5-17-3-1-2-4-17/h6-10,12,17H,1-5,11,13-16H2. The van der Waals surface area contributed by atoms with Crippen molar-refractivity contribution in [3.63, 3.8) is 0 Å². The average Bonchev–Trinajstić information content (AvgIpc) is 3.27. The fraction of sp³-hybridized carbons (Fsp3) is 0.500. The molecule has 29 heavy (non-hydrogen) atoms. The van der Waals surface area contributed by atoms with Gasteiger partial charge in [-0.05, 0) is 42.7 Å². The molecule has 4 rings (SSSR count). The van der Waals surface area contributed by atoms with E-state index in [1.54, 1.807) is 6.07 Å². The third-order valence-electron chi connectivity index (χ3n) is 6.05. The molecule has 154 valence electrons. The first-order valence-corrected chi connectivity index (χ1v) is 10.5. The number of rotatable bonds is 5. The first-order valence-electron chi connectivity index (χ1n) is 10.5. The molecule has 2 aliphatic rings. The molecule has 1 aromatic carbocycles. The Kier molecular flexibility index (Phi) is 5.92. The molecule has 1 aromatic heterocycles. The van der Waals surface area contributed by atoms with Crippen LogP contribution in [0.3, 0.4) is 0 Å². The Morgan fingerprint density at radius 3 is 2.38 bits per heavy atom. The third-order valence-corrected chi connectivity index (χ3v) is 6.05. The number of halogens is 1. The van der Waals surface area contributed by atoms with Crippen LogP contribution in [0.2, 0.25) is 0 Å². The van der Waals surface area contributed by atoms with Gasteiger partial charge in [0.05, 0.1) is 5.69 Å². The van der Waals surface area contributed by atoms with E-state index in [2.05, 4.69) is 10.00 Å². The van der Waals surface area contributed by atoms with E-state index >= 15 is 0 Å². The minimum absolute atomic E-state index is 0.251. The number of nitrogens with zero attached hydrogens (tertiary/aromatic N) is 4. The van der Waals surface area contributed by atoms with Crippen LogP contribution in [-0.4, -0.2) is 46.8 Å². The summed E-state index contributed by atoms with van der Waals surface area (Å²) in [6.07, 6.45) is 6.84. The van der Waals surface area contributed by atoms with Crippen LogP contribution in [0.4, 0.5) is 10.2 Å². The van der Waals surface area contributed by atoms with E-state index in [1.807, 2.05) is 4.90 Å². The van der Waals surface area contributed by atoms with Gasteiger partial charge in [-0.25, -0.2) is 4.39 Å². The molecule has 0 radical (unpaired) electrons. The number of piperazine rings is 1. The van der Waals surface area contributed by atoms with Gasteiger partial charge in [-0.3, -0.25) is 9.59 Å². The van der Waals surface area contributed by atoms with E-state index in [0.29, 0.717) is 44.1 Å². The molecule has 1 saturated heterocycles. The second-order valence-electron chi connectivity index (χ2n) is 7.97. The van der Waals surface area contributed by atoms with Crippen molar-refractivity contribution in [3.05, 3.63) is 52.6 Å². The number of carbonyl (C=O) groups is 1. The fourth-order valence-corrected chi connectivity index (χ4v) is 4.31. The van der Waals surface area contributed by atoms with Gasteiger partial charge in [0.15, 0.2) is 0 Å². The zero-order valence-corrected chi connectivity index (χ0v) is 16.6. The van der Waals surface area contributed by atoms with Crippen molar-refractivity contribution in [1.29, 1.82) is 0 Å². The van der Waals surface area contributed by atoms with Crippen LogP contribution >= 0.6 is 0 Å². The Morgan fingerprint density at radius 2 is 1.69 bits per heavy atom. The number of aromatic nitrogens is 2. The Labute approximate surface area is 169 Å². The Bertz CT molecular complexity index is 898. The number of anilines is 1. The molecule has 2 fully saturated rings. The quantitative estimate of drug-likeness (QED) is 0.777. The highest BCUT2D eigenvalue weighted by molar-refractivity contribution is 5.76. The van der Waals surface area contributed by atoms with Crippen molar-refractivity contribution in [3.8, 4) is 5.69 Å². The van der Waals surface area contributed by atoms with Gasteiger partial charge in [0.1, 0.15) is 11.6 Å². The monoisotopic (exact) mass is 398 g/mol. The van der Waals surface area contributed by atoms with Crippen LogP contribution < -0.4 is 10.5 Å². The maximum Gasteiger partial charge on any atom is 0.271 e. The van der Waals surface area contributed by atoms with E-state index < -0.39 is 0 Å². The summed E-state index contributed by atoms with van der Waals surface area (Å²) in [5.41, 5.74) is 0.264. The maximum absolute atomic E-state index is 13.2. The summed E-state index contributed by atoms with van der Waals surface area (Å²) in [6, 6.07) is 8.88. The Morgan fingerprint density at radius 1 is 1.00 bits per heavy atom. The lowest BCUT2D eigenvalue weighted by Crippen LogP contribution is -2.49. The molecule has 6 nitrogen and oxygen atoms in total. The van der Waals surface area contributed by atoms with Crippen LogP contribution in [0.5, 0.6) is 0 Å². The first-order chi connectivity index (χ1) is 14.1. The van der Waals surface area contributed by atoms with E-state index in [9.17, 15) is 14.0 Å². The second-order valence-corrected chi connectivity index (χ2v) is 7.97. The van der Waals surface area contributed by atoms with Crippen molar-refractivity contribution in [2.75, 3.05) is 31.1 Å².